The Kier molecular flexibility index (Phi) is 6.10. The van der Waals surface area contributed by atoms with E-state index in [1.165, 1.54) is 7.11 Å². The Labute approximate surface area is 187 Å². The average molecular weight is 434 g/mol. The molecule has 1 aliphatic heterocycles. The van der Waals surface area contributed by atoms with E-state index in [2.05, 4.69) is 10.2 Å². The number of aryl methyl sites for hydroxylation is 2. The molecule has 0 unspecified atom stereocenters. The molecule has 166 valence electrons. The van der Waals surface area contributed by atoms with Gasteiger partial charge in [0.05, 0.1) is 29.9 Å². The second-order valence-electron chi connectivity index (χ2n) is 8.19. The molecular weight excluding hydrogens is 406 g/mol. The van der Waals surface area contributed by atoms with E-state index in [-0.39, 0.29) is 12.0 Å². The molecule has 1 fully saturated rings. The first-order chi connectivity index (χ1) is 15.4. The van der Waals surface area contributed by atoms with Crippen molar-refractivity contribution in [2.45, 2.75) is 32.8 Å². The second kappa shape index (κ2) is 8.96. The zero-order valence-electron chi connectivity index (χ0n) is 18.5. The summed E-state index contributed by atoms with van der Waals surface area (Å²) >= 11 is 0. The molecule has 0 radical (unpaired) electrons. The van der Waals surface area contributed by atoms with E-state index in [1.54, 1.807) is 12.1 Å². The van der Waals surface area contributed by atoms with Crippen molar-refractivity contribution in [1.82, 2.24) is 4.98 Å². The lowest BCUT2D eigenvalue weighted by Crippen LogP contribution is -2.36. The summed E-state index contributed by atoms with van der Waals surface area (Å²) in [6, 6.07) is 12.8. The lowest BCUT2D eigenvalue weighted by molar-refractivity contribution is 0.0600. The Morgan fingerprint density at radius 2 is 1.75 bits per heavy atom. The van der Waals surface area contributed by atoms with Gasteiger partial charge in [-0.05, 0) is 62.1 Å². The molecule has 1 amide bonds. The summed E-state index contributed by atoms with van der Waals surface area (Å²) in [7, 11) is 1.35. The fourth-order valence-corrected chi connectivity index (χ4v) is 4.18. The van der Waals surface area contributed by atoms with Gasteiger partial charge in [0, 0.05) is 24.2 Å². The smallest absolute Gasteiger partial charge is 0.337 e. The van der Waals surface area contributed by atoms with Gasteiger partial charge in [0.2, 0.25) is 0 Å². The molecule has 2 heterocycles. The van der Waals surface area contributed by atoms with E-state index in [0.29, 0.717) is 42.7 Å². The first-order valence-corrected chi connectivity index (χ1v) is 10.7. The maximum Gasteiger partial charge on any atom is 0.337 e. The third kappa shape index (κ3) is 4.29. The highest BCUT2D eigenvalue weighted by molar-refractivity contribution is 6.13. The van der Waals surface area contributed by atoms with Gasteiger partial charge < -0.3 is 20.1 Å². The topological polar surface area (TPSA) is 91.8 Å². The summed E-state index contributed by atoms with van der Waals surface area (Å²) in [6.07, 6.45) is 1.08. The van der Waals surface area contributed by atoms with Crippen molar-refractivity contribution in [3.8, 4) is 0 Å². The largest absolute Gasteiger partial charge is 0.465 e. The number of fused-ring (bicyclic) bond motifs is 1. The quantitative estimate of drug-likeness (QED) is 0.607. The molecule has 0 aliphatic carbocycles. The number of aromatic nitrogens is 1. The number of pyridine rings is 1. The number of aliphatic hydroxyl groups excluding tert-OH is 1. The lowest BCUT2D eigenvalue weighted by atomic mass is 10.0. The summed E-state index contributed by atoms with van der Waals surface area (Å²) in [4.78, 5) is 32.2. The number of benzene rings is 2. The third-order valence-corrected chi connectivity index (χ3v) is 5.93. The number of para-hydroxylation sites is 1. The highest BCUT2D eigenvalue weighted by Gasteiger charge is 2.22. The van der Waals surface area contributed by atoms with Gasteiger partial charge in [-0.2, -0.15) is 0 Å². The zero-order valence-corrected chi connectivity index (χ0v) is 18.5. The Morgan fingerprint density at radius 3 is 2.41 bits per heavy atom. The first kappa shape index (κ1) is 21.8. The molecule has 0 spiro atoms. The molecule has 0 bridgehead atoms. The normalized spacial score (nSPS) is 14.4. The Balaban J connectivity index is 1.70. The molecule has 7 nitrogen and oxygen atoms in total. The molecule has 7 heteroatoms. The fourth-order valence-electron chi connectivity index (χ4n) is 4.18. The summed E-state index contributed by atoms with van der Waals surface area (Å²) < 4.78 is 4.81. The number of carbonyl (C=O) groups is 2. The van der Waals surface area contributed by atoms with E-state index in [1.807, 2.05) is 44.2 Å². The number of nitrogens with one attached hydrogen (secondary N) is 1. The fraction of sp³-hybridized carbons (Fsp3) is 0.320. The van der Waals surface area contributed by atoms with Crippen molar-refractivity contribution >= 4 is 34.3 Å². The number of hydrogen-bond donors (Lipinski definition) is 2. The van der Waals surface area contributed by atoms with Crippen molar-refractivity contribution in [2.24, 2.45) is 0 Å². The summed E-state index contributed by atoms with van der Waals surface area (Å²) in [6.45, 7) is 5.09. The van der Waals surface area contributed by atoms with Gasteiger partial charge in [-0.1, -0.05) is 18.2 Å². The van der Waals surface area contributed by atoms with Crippen LogP contribution in [0, 0.1) is 13.8 Å². The van der Waals surface area contributed by atoms with Gasteiger partial charge >= 0.3 is 5.97 Å². The second-order valence-corrected chi connectivity index (χ2v) is 8.19. The summed E-state index contributed by atoms with van der Waals surface area (Å²) in [5.74, 6) is 0.0830. The molecule has 1 saturated heterocycles. The van der Waals surface area contributed by atoms with Crippen LogP contribution in [0.1, 0.15) is 44.7 Å². The zero-order chi connectivity index (χ0) is 22.8. The number of hydrogen-bond acceptors (Lipinski definition) is 6. The van der Waals surface area contributed by atoms with Crippen molar-refractivity contribution in [1.29, 1.82) is 0 Å². The Morgan fingerprint density at radius 1 is 1.09 bits per heavy atom. The van der Waals surface area contributed by atoms with Crippen molar-refractivity contribution in [3.05, 3.63) is 64.7 Å². The van der Waals surface area contributed by atoms with Crippen LogP contribution >= 0.6 is 0 Å². The molecule has 4 rings (SSSR count). The monoisotopic (exact) mass is 433 g/mol. The minimum atomic E-state index is -0.412. The number of ether oxygens (including phenoxy) is 1. The molecule has 3 aromatic rings. The molecular formula is C25H27N3O4. The van der Waals surface area contributed by atoms with Gasteiger partial charge in [0.15, 0.2) is 0 Å². The third-order valence-electron chi connectivity index (χ3n) is 5.93. The number of piperidine rings is 1. The maximum atomic E-state index is 13.4. The van der Waals surface area contributed by atoms with Crippen LogP contribution < -0.4 is 10.2 Å². The molecule has 0 atom stereocenters. The SMILES string of the molecule is COC(=O)c1cc(C)c(NC(=O)c2cc(N3CCC(O)CC3)nc3ccccc23)c(C)c1. The minimum absolute atomic E-state index is 0.237. The molecule has 32 heavy (non-hydrogen) atoms. The van der Waals surface area contributed by atoms with Crippen molar-refractivity contribution < 1.29 is 19.4 Å². The number of aliphatic hydroxyl groups is 1. The van der Waals surface area contributed by atoms with E-state index < -0.39 is 5.97 Å². The van der Waals surface area contributed by atoms with Crippen LogP contribution in [0.5, 0.6) is 0 Å². The number of nitrogens with zero attached hydrogens (tertiary/aromatic N) is 2. The van der Waals surface area contributed by atoms with Crippen LogP contribution in [0.4, 0.5) is 11.5 Å². The number of rotatable bonds is 4. The van der Waals surface area contributed by atoms with Gasteiger partial charge in [-0.15, -0.1) is 0 Å². The van der Waals surface area contributed by atoms with E-state index in [4.69, 9.17) is 9.72 Å². The van der Waals surface area contributed by atoms with Gasteiger partial charge in [-0.3, -0.25) is 4.79 Å². The number of anilines is 2. The summed E-state index contributed by atoms with van der Waals surface area (Å²) in [5.41, 5.74) is 3.96. The standard InChI is InChI=1S/C25H27N3O4/c1-15-12-17(25(31)32-3)13-16(2)23(15)27-24(30)20-14-22(28-10-8-18(29)9-11-28)26-21-7-5-4-6-19(20)21/h4-7,12-14,18,29H,8-11H2,1-3H3,(H,27,30). The Hall–Kier alpha value is -3.45. The number of amides is 1. The van der Waals surface area contributed by atoms with Crippen LogP contribution in [0.25, 0.3) is 10.9 Å². The Bertz CT molecular complexity index is 1160. The maximum absolute atomic E-state index is 13.4. The number of esters is 1. The highest BCUT2D eigenvalue weighted by atomic mass is 16.5. The molecule has 1 aromatic heterocycles. The highest BCUT2D eigenvalue weighted by Crippen LogP contribution is 2.28. The lowest BCUT2D eigenvalue weighted by Gasteiger charge is -2.31. The van der Waals surface area contributed by atoms with E-state index in [0.717, 1.165) is 27.8 Å². The molecule has 0 saturated carbocycles. The summed E-state index contributed by atoms with van der Waals surface area (Å²) in [5, 5.41) is 13.6. The van der Waals surface area contributed by atoms with Crippen LogP contribution in [-0.2, 0) is 4.74 Å². The average Bonchev–Trinajstić information content (AvgIpc) is 2.80. The van der Waals surface area contributed by atoms with Gasteiger partial charge in [0.25, 0.3) is 5.91 Å². The van der Waals surface area contributed by atoms with E-state index in [9.17, 15) is 14.7 Å². The molecule has 2 aromatic carbocycles. The molecule has 2 N–H and O–H groups in total. The van der Waals surface area contributed by atoms with Crippen LogP contribution in [0.15, 0.2) is 42.5 Å². The number of methoxy groups -OCH3 is 1. The van der Waals surface area contributed by atoms with Gasteiger partial charge in [0.1, 0.15) is 5.82 Å². The van der Waals surface area contributed by atoms with Crippen LogP contribution in [0.3, 0.4) is 0 Å². The van der Waals surface area contributed by atoms with E-state index >= 15 is 0 Å². The minimum Gasteiger partial charge on any atom is -0.465 e. The predicted molar refractivity (Wildman–Crippen MR) is 124 cm³/mol. The first-order valence-electron chi connectivity index (χ1n) is 10.7. The molecule has 1 aliphatic rings. The van der Waals surface area contributed by atoms with Crippen molar-refractivity contribution in [3.63, 3.8) is 0 Å². The predicted octanol–water partition coefficient (Wildman–Crippen LogP) is 3.85. The van der Waals surface area contributed by atoms with Crippen LogP contribution in [-0.4, -0.2) is 48.3 Å². The van der Waals surface area contributed by atoms with Crippen molar-refractivity contribution in [2.75, 3.05) is 30.4 Å². The number of carbonyl (C=O) groups excluding carboxylic acids is 2. The van der Waals surface area contributed by atoms with Crippen LogP contribution in [0.2, 0.25) is 0 Å². The van der Waals surface area contributed by atoms with Gasteiger partial charge in [-0.25, -0.2) is 9.78 Å².